The SMILES string of the molecule is CCCCc1ccc(N(c2ccc(-c3ccc(C)s3)cc2)c2ccc(N(c3ccc(CCCC)cc3)c3ccc(-c4ccc(C)s4)cc3)cc2)cc1. The molecule has 262 valence electrons. The van der Waals surface area contributed by atoms with E-state index in [1.807, 2.05) is 22.7 Å². The van der Waals surface area contributed by atoms with Crippen LogP contribution in [0.1, 0.15) is 60.4 Å². The molecule has 0 unspecified atom stereocenters. The van der Waals surface area contributed by atoms with E-state index >= 15 is 0 Å². The van der Waals surface area contributed by atoms with E-state index in [2.05, 4.69) is 183 Å². The number of anilines is 6. The maximum atomic E-state index is 2.38. The van der Waals surface area contributed by atoms with Crippen LogP contribution in [0.3, 0.4) is 0 Å². The molecule has 0 aliphatic rings. The molecule has 0 amide bonds. The number of aryl methyl sites for hydroxylation is 4. The quantitative estimate of drug-likeness (QED) is 0.111. The van der Waals surface area contributed by atoms with Crippen LogP contribution >= 0.6 is 22.7 Å². The molecule has 0 saturated heterocycles. The highest BCUT2D eigenvalue weighted by atomic mass is 32.1. The highest BCUT2D eigenvalue weighted by Gasteiger charge is 2.17. The van der Waals surface area contributed by atoms with E-state index in [-0.39, 0.29) is 0 Å². The van der Waals surface area contributed by atoms with Gasteiger partial charge >= 0.3 is 0 Å². The van der Waals surface area contributed by atoms with Crippen molar-refractivity contribution < 1.29 is 0 Å². The molecule has 7 aromatic rings. The summed E-state index contributed by atoms with van der Waals surface area (Å²) >= 11 is 3.69. The zero-order valence-electron chi connectivity index (χ0n) is 30.8. The summed E-state index contributed by atoms with van der Waals surface area (Å²) in [5.74, 6) is 0. The summed E-state index contributed by atoms with van der Waals surface area (Å²) in [4.78, 5) is 10.0. The Bertz CT molecular complexity index is 2000. The maximum Gasteiger partial charge on any atom is 0.0463 e. The molecule has 0 aliphatic carbocycles. The number of unbranched alkanes of at least 4 members (excludes halogenated alkanes) is 2. The summed E-state index contributed by atoms with van der Waals surface area (Å²) in [6.07, 6.45) is 7.06. The lowest BCUT2D eigenvalue weighted by atomic mass is 10.1. The van der Waals surface area contributed by atoms with Crippen molar-refractivity contribution in [3.63, 3.8) is 0 Å². The van der Waals surface area contributed by atoms with Crippen LogP contribution in [0.25, 0.3) is 20.9 Å². The minimum Gasteiger partial charge on any atom is -0.311 e. The second kappa shape index (κ2) is 16.6. The zero-order chi connectivity index (χ0) is 35.9. The fourth-order valence-corrected chi connectivity index (χ4v) is 8.51. The van der Waals surface area contributed by atoms with Crippen molar-refractivity contribution in [3.8, 4) is 20.9 Å². The van der Waals surface area contributed by atoms with E-state index < -0.39 is 0 Å². The van der Waals surface area contributed by atoms with E-state index in [4.69, 9.17) is 0 Å². The smallest absolute Gasteiger partial charge is 0.0463 e. The predicted octanol–water partition coefficient (Wildman–Crippen LogP) is 15.4. The Morgan fingerprint density at radius 3 is 0.923 bits per heavy atom. The summed E-state index contributed by atoms with van der Waals surface area (Å²) in [7, 11) is 0. The van der Waals surface area contributed by atoms with Crippen molar-refractivity contribution in [2.24, 2.45) is 0 Å². The fraction of sp³-hybridized carbons (Fsp3) is 0.208. The second-order valence-electron chi connectivity index (χ2n) is 13.6. The third-order valence-corrected chi connectivity index (χ3v) is 11.8. The number of rotatable bonds is 14. The molecule has 0 atom stereocenters. The molecular weight excluding hydrogens is 669 g/mol. The van der Waals surface area contributed by atoms with Crippen LogP contribution in [0.5, 0.6) is 0 Å². The molecule has 2 heterocycles. The van der Waals surface area contributed by atoms with Gasteiger partial charge in [-0.05, 0) is 159 Å². The first-order valence-corrected chi connectivity index (χ1v) is 20.3. The highest BCUT2D eigenvalue weighted by Crippen LogP contribution is 2.41. The number of thiophene rings is 2. The van der Waals surface area contributed by atoms with Gasteiger partial charge in [-0.15, -0.1) is 22.7 Å². The Morgan fingerprint density at radius 1 is 0.365 bits per heavy atom. The van der Waals surface area contributed by atoms with Crippen LogP contribution < -0.4 is 9.80 Å². The molecule has 4 heteroatoms. The largest absolute Gasteiger partial charge is 0.311 e. The third-order valence-electron chi connectivity index (χ3n) is 9.69. The average molecular weight is 717 g/mol. The summed E-state index contributed by atoms with van der Waals surface area (Å²) < 4.78 is 0. The monoisotopic (exact) mass is 716 g/mol. The van der Waals surface area contributed by atoms with Gasteiger partial charge in [0.2, 0.25) is 0 Å². The molecule has 0 radical (unpaired) electrons. The Hall–Kier alpha value is -4.90. The lowest BCUT2D eigenvalue weighted by molar-refractivity contribution is 0.795. The van der Waals surface area contributed by atoms with E-state index in [9.17, 15) is 0 Å². The lowest BCUT2D eigenvalue weighted by Crippen LogP contribution is -2.12. The number of benzene rings is 5. The lowest BCUT2D eigenvalue weighted by Gasteiger charge is -2.28. The molecule has 2 nitrogen and oxygen atoms in total. The topological polar surface area (TPSA) is 6.48 Å². The van der Waals surface area contributed by atoms with Crippen molar-refractivity contribution in [2.75, 3.05) is 9.80 Å². The summed E-state index contributed by atoms with van der Waals surface area (Å²) in [6, 6.07) is 54.2. The van der Waals surface area contributed by atoms with Crippen molar-refractivity contribution in [2.45, 2.75) is 66.2 Å². The van der Waals surface area contributed by atoms with Crippen molar-refractivity contribution in [3.05, 3.63) is 166 Å². The van der Waals surface area contributed by atoms with Gasteiger partial charge in [-0.3, -0.25) is 0 Å². The molecule has 52 heavy (non-hydrogen) atoms. The molecule has 0 spiro atoms. The molecule has 5 aromatic carbocycles. The van der Waals surface area contributed by atoms with Gasteiger partial charge < -0.3 is 9.80 Å². The summed E-state index contributed by atoms with van der Waals surface area (Å²) in [6.45, 7) is 8.85. The van der Waals surface area contributed by atoms with Crippen molar-refractivity contribution in [1.82, 2.24) is 0 Å². The van der Waals surface area contributed by atoms with Gasteiger partial charge in [0.15, 0.2) is 0 Å². The highest BCUT2D eigenvalue weighted by molar-refractivity contribution is 7.15. The van der Waals surface area contributed by atoms with Gasteiger partial charge in [0.1, 0.15) is 0 Å². The first-order valence-electron chi connectivity index (χ1n) is 18.7. The maximum absolute atomic E-state index is 2.38. The Kier molecular flexibility index (Phi) is 11.4. The van der Waals surface area contributed by atoms with Crippen LogP contribution in [-0.2, 0) is 12.8 Å². The van der Waals surface area contributed by atoms with Gasteiger partial charge in [0, 0.05) is 53.6 Å². The van der Waals surface area contributed by atoms with Crippen LogP contribution in [0, 0.1) is 13.8 Å². The normalized spacial score (nSPS) is 11.2. The average Bonchev–Trinajstić information content (AvgIpc) is 3.83. The van der Waals surface area contributed by atoms with E-state index in [1.165, 1.54) is 67.4 Å². The number of hydrogen-bond acceptors (Lipinski definition) is 4. The van der Waals surface area contributed by atoms with Crippen LogP contribution in [0.15, 0.2) is 146 Å². The standard InChI is InChI=1S/C48H48N2S2/c1-5-7-9-37-13-21-41(22-14-37)49(43-25-17-39(18-26-43)47-33-11-35(3)51-47)45-29-31-46(32-30-45)50(42-23-15-38(16-24-42)10-8-6-2)44-27-19-40(20-28-44)48-34-12-36(4)52-48/h11-34H,5-10H2,1-4H3. The minimum absolute atomic E-state index is 1.11. The molecule has 0 N–H and O–H groups in total. The Balaban J connectivity index is 1.25. The first-order chi connectivity index (χ1) is 25.5. The fourth-order valence-electron chi connectivity index (χ4n) is 6.76. The Labute approximate surface area is 318 Å². The van der Waals surface area contributed by atoms with E-state index in [0.29, 0.717) is 0 Å². The van der Waals surface area contributed by atoms with Gasteiger partial charge in [0.25, 0.3) is 0 Å². The van der Waals surface area contributed by atoms with Crippen molar-refractivity contribution >= 4 is 56.8 Å². The molecule has 7 rings (SSSR count). The molecule has 0 aliphatic heterocycles. The summed E-state index contributed by atoms with van der Waals surface area (Å²) in [5.41, 5.74) is 12.1. The summed E-state index contributed by atoms with van der Waals surface area (Å²) in [5, 5.41) is 0. The Morgan fingerprint density at radius 2 is 0.654 bits per heavy atom. The zero-order valence-corrected chi connectivity index (χ0v) is 32.4. The van der Waals surface area contributed by atoms with Crippen molar-refractivity contribution in [1.29, 1.82) is 0 Å². The van der Waals surface area contributed by atoms with Crippen LogP contribution in [0.2, 0.25) is 0 Å². The van der Waals surface area contributed by atoms with Gasteiger partial charge in [0.05, 0.1) is 0 Å². The minimum atomic E-state index is 1.11. The molecule has 0 saturated carbocycles. The van der Waals surface area contributed by atoms with E-state index in [1.54, 1.807) is 0 Å². The predicted molar refractivity (Wildman–Crippen MR) is 229 cm³/mol. The number of nitrogens with zero attached hydrogens (tertiary/aromatic N) is 2. The van der Waals surface area contributed by atoms with Crippen LogP contribution in [0.4, 0.5) is 34.1 Å². The first kappa shape index (κ1) is 35.5. The third kappa shape index (κ3) is 8.25. The molecule has 2 aromatic heterocycles. The van der Waals surface area contributed by atoms with Gasteiger partial charge in [-0.1, -0.05) is 75.2 Å². The second-order valence-corrected chi connectivity index (χ2v) is 16.2. The van der Waals surface area contributed by atoms with Crippen LogP contribution in [-0.4, -0.2) is 0 Å². The molecule has 0 bridgehead atoms. The van der Waals surface area contributed by atoms with Gasteiger partial charge in [-0.2, -0.15) is 0 Å². The molecule has 0 fully saturated rings. The van der Waals surface area contributed by atoms with E-state index in [0.717, 1.165) is 47.0 Å². The number of hydrogen-bond donors (Lipinski definition) is 0. The molecular formula is C48H48N2S2. The van der Waals surface area contributed by atoms with Gasteiger partial charge in [-0.25, -0.2) is 0 Å².